The SMILES string of the molecule is CCC(C)[C@H]1O[C@]2(C=C[C@@H]1C)C[C@H]1C[C@@H](C/C=C(\C)[C@@H](O[C@H]3C[C@H](OC)[C@@H](O[C@H]4C[C@H](OC)[C@@H](O)[C@H](C)O4)[C@H](C)O3)[C@@H](C)/C=C/C=C3\CO[C@@H]4[C@H](O)C(C)=C[C@H](C(=O)N1)[C@]34O)O2. The van der Waals surface area contributed by atoms with Crippen LogP contribution in [0.1, 0.15) is 93.9 Å². The van der Waals surface area contributed by atoms with Gasteiger partial charge in [0.25, 0.3) is 0 Å². The van der Waals surface area contributed by atoms with E-state index in [-0.39, 0.29) is 54.6 Å². The largest absolute Gasteiger partial charge is 0.388 e. The van der Waals surface area contributed by atoms with E-state index >= 15 is 0 Å². The highest BCUT2D eigenvalue weighted by Gasteiger charge is 2.59. The van der Waals surface area contributed by atoms with Crippen molar-refractivity contribution in [2.24, 2.45) is 23.7 Å². The maximum absolute atomic E-state index is 14.5. The van der Waals surface area contributed by atoms with Crippen LogP contribution >= 0.6 is 0 Å². The molecule has 348 valence electrons. The molecule has 0 radical (unpaired) electrons. The summed E-state index contributed by atoms with van der Waals surface area (Å²) in [6.07, 6.45) is 9.87. The Labute approximate surface area is 368 Å². The third-order valence-electron chi connectivity index (χ3n) is 14.6. The second-order valence-corrected chi connectivity index (χ2v) is 19.1. The molecule has 14 nitrogen and oxygen atoms in total. The molecule has 14 heteroatoms. The molecule has 7 aliphatic rings. The molecular formula is C48H73NO13. The maximum Gasteiger partial charge on any atom is 0.230 e. The van der Waals surface area contributed by atoms with Crippen LogP contribution in [0.15, 0.2) is 59.3 Å². The van der Waals surface area contributed by atoms with Gasteiger partial charge in [0.1, 0.15) is 30.0 Å². The first kappa shape index (κ1) is 47.6. The van der Waals surface area contributed by atoms with E-state index in [0.717, 1.165) is 12.0 Å². The lowest BCUT2D eigenvalue weighted by atomic mass is 9.70. The third-order valence-corrected chi connectivity index (χ3v) is 14.6. The number of fused-ring (bicyclic) bond motifs is 2. The molecule has 0 saturated carbocycles. The van der Waals surface area contributed by atoms with Gasteiger partial charge in [0.05, 0.1) is 55.3 Å². The zero-order chi connectivity index (χ0) is 44.7. The van der Waals surface area contributed by atoms with E-state index in [9.17, 15) is 20.1 Å². The van der Waals surface area contributed by atoms with Crippen LogP contribution in [0.25, 0.3) is 0 Å². The number of ether oxygens (including phenoxy) is 9. The molecule has 1 unspecified atom stereocenters. The van der Waals surface area contributed by atoms with Gasteiger partial charge in [0.2, 0.25) is 5.91 Å². The first-order valence-electron chi connectivity index (χ1n) is 23.0. The molecule has 7 rings (SSSR count). The minimum absolute atomic E-state index is 0.0595. The van der Waals surface area contributed by atoms with Crippen molar-refractivity contribution in [1.29, 1.82) is 0 Å². The van der Waals surface area contributed by atoms with E-state index < -0.39 is 78.7 Å². The van der Waals surface area contributed by atoms with Crippen LogP contribution in [-0.4, -0.2) is 139 Å². The number of rotatable bonds is 8. The van der Waals surface area contributed by atoms with E-state index in [1.807, 2.05) is 25.2 Å². The molecule has 1 aliphatic carbocycles. The normalized spacial score (nSPS) is 49.1. The number of aliphatic hydroxyl groups is 3. The Hall–Kier alpha value is -2.31. The molecule has 0 aromatic heterocycles. The standard InChI is InChI=1S/C48H73NO13/c1-11-25(2)43-28(5)17-18-47(62-43)23-33-20-34(61-47)16-15-27(4)42(26(3)13-12-14-32-24-56-45-40(50)29(6)19-35(46(52)49-33)48(32,45)53)59-39-22-37(55-10)44(31(8)58-39)60-38-21-36(54-9)41(51)30(7)57-38/h12-15,17-19,25-26,28,30-31,33-45,50-51,53H,11,16,20-24H2,1-10H3,(H,49,52)/b13-12+,27-15+,32-14+/t25?,26-,28-,30-,31-,33+,34+,35+,36-,37-,38-,39-,40+,41-,42-,43+,44-,45+,47+,48+/m0/s1. The van der Waals surface area contributed by atoms with Crippen LogP contribution in [0.3, 0.4) is 0 Å². The lowest BCUT2D eigenvalue weighted by molar-refractivity contribution is -0.318. The van der Waals surface area contributed by atoms with Crippen molar-refractivity contribution < 1.29 is 62.7 Å². The minimum Gasteiger partial charge on any atom is -0.388 e. The lowest BCUT2D eigenvalue weighted by Crippen LogP contribution is -2.61. The lowest BCUT2D eigenvalue weighted by Gasteiger charge is -2.49. The van der Waals surface area contributed by atoms with Crippen LogP contribution in [0.2, 0.25) is 0 Å². The number of carbonyl (C=O) groups excluding carboxylic acids is 1. The first-order chi connectivity index (χ1) is 29.5. The van der Waals surface area contributed by atoms with Gasteiger partial charge in [-0.3, -0.25) is 4.79 Å². The number of hydrogen-bond acceptors (Lipinski definition) is 13. The van der Waals surface area contributed by atoms with Gasteiger partial charge in [-0.25, -0.2) is 0 Å². The Morgan fingerprint density at radius 3 is 2.35 bits per heavy atom. The number of hydrogen-bond donors (Lipinski definition) is 4. The second-order valence-electron chi connectivity index (χ2n) is 19.1. The van der Waals surface area contributed by atoms with E-state index in [2.05, 4.69) is 52.1 Å². The van der Waals surface area contributed by atoms with Crippen LogP contribution in [0, 0.1) is 23.7 Å². The van der Waals surface area contributed by atoms with E-state index in [1.165, 1.54) is 0 Å². The van der Waals surface area contributed by atoms with E-state index in [1.54, 1.807) is 40.2 Å². The molecule has 0 aromatic rings. The Morgan fingerprint density at radius 1 is 0.919 bits per heavy atom. The summed E-state index contributed by atoms with van der Waals surface area (Å²) in [5.41, 5.74) is 0.297. The predicted octanol–water partition coefficient (Wildman–Crippen LogP) is 4.95. The van der Waals surface area contributed by atoms with Gasteiger partial charge in [0.15, 0.2) is 18.4 Å². The van der Waals surface area contributed by atoms with Crippen molar-refractivity contribution >= 4 is 5.91 Å². The van der Waals surface area contributed by atoms with Gasteiger partial charge in [0, 0.05) is 51.4 Å². The molecule has 6 heterocycles. The van der Waals surface area contributed by atoms with Crippen molar-refractivity contribution in [2.45, 2.75) is 191 Å². The highest BCUT2D eigenvalue weighted by molar-refractivity contribution is 5.84. The van der Waals surface area contributed by atoms with Crippen LogP contribution < -0.4 is 5.32 Å². The summed E-state index contributed by atoms with van der Waals surface area (Å²) in [5.74, 6) is -2.09. The molecule has 0 aromatic carbocycles. The average molecular weight is 872 g/mol. The Balaban J connectivity index is 1.18. The van der Waals surface area contributed by atoms with Gasteiger partial charge < -0.3 is 63.3 Å². The first-order valence-corrected chi connectivity index (χ1v) is 23.0. The Bertz CT molecular complexity index is 1730. The third kappa shape index (κ3) is 9.64. The Morgan fingerprint density at radius 2 is 1.63 bits per heavy atom. The van der Waals surface area contributed by atoms with Crippen LogP contribution in [0.4, 0.5) is 0 Å². The number of amides is 1. The van der Waals surface area contributed by atoms with Gasteiger partial charge >= 0.3 is 0 Å². The summed E-state index contributed by atoms with van der Waals surface area (Å²) in [6.45, 7) is 16.2. The zero-order valence-corrected chi connectivity index (χ0v) is 38.3. The number of nitrogens with one attached hydrogen (secondary N) is 1. The minimum atomic E-state index is -1.77. The molecule has 20 atom stereocenters. The van der Waals surface area contributed by atoms with Crippen molar-refractivity contribution in [3.8, 4) is 0 Å². The molecule has 1 amide bonds. The predicted molar refractivity (Wildman–Crippen MR) is 229 cm³/mol. The molecule has 62 heavy (non-hydrogen) atoms. The fourth-order valence-corrected chi connectivity index (χ4v) is 10.7. The number of aliphatic hydroxyl groups excluding tert-OH is 2. The van der Waals surface area contributed by atoms with Crippen molar-refractivity contribution in [1.82, 2.24) is 5.32 Å². The van der Waals surface area contributed by atoms with Crippen LogP contribution in [-0.2, 0) is 47.4 Å². The second kappa shape index (κ2) is 19.7. The number of allylic oxidation sites excluding steroid dienone is 2. The topological polar surface area (TPSA) is 173 Å². The molecule has 1 spiro atoms. The highest BCUT2D eigenvalue weighted by Crippen LogP contribution is 2.46. The van der Waals surface area contributed by atoms with E-state index in [4.69, 9.17) is 42.6 Å². The molecular weight excluding hydrogens is 799 g/mol. The monoisotopic (exact) mass is 872 g/mol. The van der Waals surface area contributed by atoms with Crippen LogP contribution in [0.5, 0.6) is 0 Å². The summed E-state index contributed by atoms with van der Waals surface area (Å²) >= 11 is 0. The highest BCUT2D eigenvalue weighted by atomic mass is 16.7. The number of carbonyl (C=O) groups is 1. The summed E-state index contributed by atoms with van der Waals surface area (Å²) in [6, 6.07) is -0.340. The fraction of sp³-hybridized carbons (Fsp3) is 0.771. The van der Waals surface area contributed by atoms with Crippen molar-refractivity contribution in [2.75, 3.05) is 20.8 Å². The molecule has 2 bridgehead atoms. The van der Waals surface area contributed by atoms with Gasteiger partial charge in [-0.1, -0.05) is 70.6 Å². The molecule has 6 aliphatic heterocycles. The van der Waals surface area contributed by atoms with Gasteiger partial charge in [-0.2, -0.15) is 0 Å². The molecule has 4 saturated heterocycles. The molecule has 4 fully saturated rings. The van der Waals surface area contributed by atoms with E-state index in [0.29, 0.717) is 43.3 Å². The molecule has 4 N–H and O–H groups in total. The zero-order valence-electron chi connectivity index (χ0n) is 38.3. The van der Waals surface area contributed by atoms with Crippen molar-refractivity contribution in [3.63, 3.8) is 0 Å². The van der Waals surface area contributed by atoms with Gasteiger partial charge in [-0.15, -0.1) is 0 Å². The summed E-state index contributed by atoms with van der Waals surface area (Å²) in [4.78, 5) is 14.5. The fourth-order valence-electron chi connectivity index (χ4n) is 10.7. The quantitative estimate of drug-likeness (QED) is 0.242. The Kier molecular flexibility index (Phi) is 15.1. The maximum atomic E-state index is 14.5. The summed E-state index contributed by atoms with van der Waals surface area (Å²) < 4.78 is 57.4. The smallest absolute Gasteiger partial charge is 0.230 e. The van der Waals surface area contributed by atoms with Gasteiger partial charge in [-0.05, 0) is 69.2 Å². The summed E-state index contributed by atoms with van der Waals surface area (Å²) in [7, 11) is 3.23. The number of methoxy groups -OCH3 is 2. The average Bonchev–Trinajstić information content (AvgIpc) is 3.58. The summed E-state index contributed by atoms with van der Waals surface area (Å²) in [5, 5.41) is 37.6. The van der Waals surface area contributed by atoms with Crippen molar-refractivity contribution in [3.05, 3.63) is 59.3 Å².